The molecule has 0 saturated carbocycles. The lowest BCUT2D eigenvalue weighted by molar-refractivity contribution is 0.106. The number of rotatable bonds is 5. The van der Waals surface area contributed by atoms with E-state index in [1.165, 1.54) is 0 Å². The zero-order valence-corrected chi connectivity index (χ0v) is 16.1. The zero-order chi connectivity index (χ0) is 19.9. The molecule has 0 aliphatic carbocycles. The molecule has 2 heterocycles. The minimum absolute atomic E-state index is 0.0507. The molecule has 1 aliphatic heterocycles. The van der Waals surface area contributed by atoms with E-state index in [1.54, 1.807) is 18.6 Å². The predicted octanol–water partition coefficient (Wildman–Crippen LogP) is 3.82. The van der Waals surface area contributed by atoms with E-state index in [0.717, 1.165) is 24.0 Å². The van der Waals surface area contributed by atoms with Crippen LogP contribution in [0.1, 0.15) is 30.0 Å². The molecule has 2 amide bonds. The highest BCUT2D eigenvalue weighted by Crippen LogP contribution is 2.23. The Morgan fingerprint density at radius 3 is 2.14 bits per heavy atom. The molecule has 1 aliphatic rings. The maximum absolute atomic E-state index is 13.0. The molecule has 0 atom stereocenters. The van der Waals surface area contributed by atoms with Gasteiger partial charge in [0.25, 0.3) is 0 Å². The van der Waals surface area contributed by atoms with E-state index in [-0.39, 0.29) is 18.2 Å². The molecule has 4 rings (SSSR count). The number of piperidine rings is 1. The van der Waals surface area contributed by atoms with Crippen LogP contribution in [-0.2, 0) is 0 Å². The first-order chi connectivity index (χ1) is 14.3. The highest BCUT2D eigenvalue weighted by molar-refractivity contribution is 5.75. The zero-order valence-electron chi connectivity index (χ0n) is 16.1. The summed E-state index contributed by atoms with van der Waals surface area (Å²) in [6.45, 7) is 1.29. The van der Waals surface area contributed by atoms with Gasteiger partial charge in [-0.2, -0.15) is 0 Å². The number of urea groups is 1. The van der Waals surface area contributed by atoms with Gasteiger partial charge in [0.2, 0.25) is 5.88 Å². The van der Waals surface area contributed by atoms with Gasteiger partial charge in [0.05, 0.1) is 12.2 Å². The second kappa shape index (κ2) is 9.19. The Kier molecular flexibility index (Phi) is 6.00. The molecule has 1 fully saturated rings. The Morgan fingerprint density at radius 2 is 1.59 bits per heavy atom. The van der Waals surface area contributed by atoms with Crippen molar-refractivity contribution in [3.05, 3.63) is 90.4 Å². The summed E-state index contributed by atoms with van der Waals surface area (Å²) in [6, 6.07) is 19.9. The van der Waals surface area contributed by atoms with Crippen LogP contribution in [0.15, 0.2) is 79.3 Å². The van der Waals surface area contributed by atoms with Crippen LogP contribution < -0.4 is 10.1 Å². The highest BCUT2D eigenvalue weighted by atomic mass is 16.5. The second-order valence-corrected chi connectivity index (χ2v) is 7.05. The molecular weight excluding hydrogens is 364 g/mol. The van der Waals surface area contributed by atoms with Gasteiger partial charge in [-0.05, 0) is 11.1 Å². The summed E-state index contributed by atoms with van der Waals surface area (Å²) in [4.78, 5) is 23.0. The fraction of sp³-hybridized carbons (Fsp3) is 0.261. The summed E-state index contributed by atoms with van der Waals surface area (Å²) in [6.07, 6.45) is 6.44. The summed E-state index contributed by atoms with van der Waals surface area (Å²) in [5.41, 5.74) is 2.13. The standard InChI is InChI=1S/C23H24N4O2/c28-23(27-15-11-20(12-16-27)29-21-17-24-13-14-25-21)26-22(18-7-3-1-4-8-18)19-9-5-2-6-10-19/h1-10,13-14,17,20,22H,11-12,15-16H2,(H,26,28). The van der Waals surface area contributed by atoms with Gasteiger partial charge in [0, 0.05) is 38.3 Å². The third-order valence-corrected chi connectivity index (χ3v) is 5.09. The minimum Gasteiger partial charge on any atom is -0.473 e. The van der Waals surface area contributed by atoms with Crippen molar-refractivity contribution >= 4 is 6.03 Å². The third kappa shape index (κ3) is 4.90. The molecule has 1 N–H and O–H groups in total. The predicted molar refractivity (Wildman–Crippen MR) is 111 cm³/mol. The maximum Gasteiger partial charge on any atom is 0.318 e. The minimum atomic E-state index is -0.182. The average Bonchev–Trinajstić information content (AvgIpc) is 2.80. The van der Waals surface area contributed by atoms with Crippen LogP contribution >= 0.6 is 0 Å². The number of nitrogens with zero attached hydrogens (tertiary/aromatic N) is 3. The van der Waals surface area contributed by atoms with Crippen LogP contribution in [0.4, 0.5) is 4.79 Å². The van der Waals surface area contributed by atoms with Gasteiger partial charge in [-0.1, -0.05) is 60.7 Å². The van der Waals surface area contributed by atoms with E-state index in [4.69, 9.17) is 4.74 Å². The fourth-order valence-corrected chi connectivity index (χ4v) is 3.56. The van der Waals surface area contributed by atoms with Crippen molar-refractivity contribution in [2.45, 2.75) is 25.0 Å². The van der Waals surface area contributed by atoms with Crippen LogP contribution in [-0.4, -0.2) is 40.1 Å². The largest absolute Gasteiger partial charge is 0.473 e. The number of aromatic nitrogens is 2. The van der Waals surface area contributed by atoms with Crippen molar-refractivity contribution in [1.82, 2.24) is 20.2 Å². The topological polar surface area (TPSA) is 67.4 Å². The van der Waals surface area contributed by atoms with Crippen molar-refractivity contribution in [3.8, 4) is 5.88 Å². The molecule has 148 valence electrons. The first-order valence-electron chi connectivity index (χ1n) is 9.87. The smallest absolute Gasteiger partial charge is 0.318 e. The van der Waals surface area contributed by atoms with Gasteiger partial charge in [-0.25, -0.2) is 9.78 Å². The molecule has 2 aromatic carbocycles. The Morgan fingerprint density at radius 1 is 0.966 bits per heavy atom. The lowest BCUT2D eigenvalue weighted by Gasteiger charge is -2.33. The summed E-state index contributed by atoms with van der Waals surface area (Å²) in [5.74, 6) is 0.531. The number of likely N-dealkylation sites (tertiary alicyclic amines) is 1. The quantitative estimate of drug-likeness (QED) is 0.722. The van der Waals surface area contributed by atoms with Gasteiger partial charge in [-0.15, -0.1) is 0 Å². The lowest BCUT2D eigenvalue weighted by Crippen LogP contribution is -2.47. The van der Waals surface area contributed by atoms with Crippen LogP contribution in [0.3, 0.4) is 0 Å². The number of benzene rings is 2. The Balaban J connectivity index is 1.39. The van der Waals surface area contributed by atoms with Gasteiger partial charge in [0.15, 0.2) is 0 Å². The Labute approximate surface area is 170 Å². The molecule has 0 radical (unpaired) electrons. The molecule has 6 heteroatoms. The normalized spacial score (nSPS) is 14.6. The molecule has 6 nitrogen and oxygen atoms in total. The summed E-state index contributed by atoms with van der Waals surface area (Å²) >= 11 is 0. The van der Waals surface area contributed by atoms with Crippen molar-refractivity contribution in [2.24, 2.45) is 0 Å². The molecule has 0 spiro atoms. The van der Waals surface area contributed by atoms with E-state index in [1.807, 2.05) is 65.6 Å². The van der Waals surface area contributed by atoms with Crippen molar-refractivity contribution in [1.29, 1.82) is 0 Å². The third-order valence-electron chi connectivity index (χ3n) is 5.09. The van der Waals surface area contributed by atoms with Crippen molar-refractivity contribution < 1.29 is 9.53 Å². The number of carbonyl (C=O) groups excluding carboxylic acids is 1. The summed E-state index contributed by atoms with van der Waals surface area (Å²) in [5, 5.41) is 3.21. The summed E-state index contributed by atoms with van der Waals surface area (Å²) in [7, 11) is 0. The fourth-order valence-electron chi connectivity index (χ4n) is 3.56. The first kappa shape index (κ1) is 18.9. The lowest BCUT2D eigenvalue weighted by atomic mass is 9.99. The molecule has 1 saturated heterocycles. The van der Waals surface area contributed by atoms with Gasteiger partial charge >= 0.3 is 6.03 Å². The van der Waals surface area contributed by atoms with Crippen LogP contribution in [0.2, 0.25) is 0 Å². The van der Waals surface area contributed by atoms with Gasteiger partial charge < -0.3 is 15.0 Å². The van der Waals surface area contributed by atoms with Gasteiger partial charge in [0.1, 0.15) is 6.10 Å². The molecule has 29 heavy (non-hydrogen) atoms. The maximum atomic E-state index is 13.0. The molecular formula is C23H24N4O2. The van der Waals surface area contributed by atoms with Crippen molar-refractivity contribution in [2.75, 3.05) is 13.1 Å². The molecule has 1 aromatic heterocycles. The van der Waals surface area contributed by atoms with Crippen molar-refractivity contribution in [3.63, 3.8) is 0 Å². The number of hydrogen-bond donors (Lipinski definition) is 1. The monoisotopic (exact) mass is 388 g/mol. The number of nitrogens with one attached hydrogen (secondary N) is 1. The molecule has 0 bridgehead atoms. The van der Waals surface area contributed by atoms with Crippen LogP contribution in [0.25, 0.3) is 0 Å². The first-order valence-corrected chi connectivity index (χ1v) is 9.87. The number of ether oxygens (including phenoxy) is 1. The van der Waals surface area contributed by atoms with Gasteiger partial charge in [-0.3, -0.25) is 4.98 Å². The molecule has 0 unspecified atom stereocenters. The Bertz CT molecular complexity index is 858. The van der Waals surface area contributed by atoms with E-state index in [0.29, 0.717) is 19.0 Å². The summed E-state index contributed by atoms with van der Waals surface area (Å²) < 4.78 is 5.87. The van der Waals surface area contributed by atoms with E-state index >= 15 is 0 Å². The SMILES string of the molecule is O=C(NC(c1ccccc1)c1ccccc1)N1CCC(Oc2cnccn2)CC1. The second-order valence-electron chi connectivity index (χ2n) is 7.05. The van der Waals surface area contributed by atoms with E-state index < -0.39 is 0 Å². The molecule has 3 aromatic rings. The van der Waals surface area contributed by atoms with E-state index in [2.05, 4.69) is 15.3 Å². The van der Waals surface area contributed by atoms with Crippen LogP contribution in [0, 0.1) is 0 Å². The number of amides is 2. The number of carbonyl (C=O) groups is 1. The number of hydrogen-bond acceptors (Lipinski definition) is 4. The van der Waals surface area contributed by atoms with Crippen LogP contribution in [0.5, 0.6) is 5.88 Å². The average molecular weight is 388 g/mol. The Hall–Kier alpha value is -3.41. The highest BCUT2D eigenvalue weighted by Gasteiger charge is 2.26. The van der Waals surface area contributed by atoms with E-state index in [9.17, 15) is 4.79 Å².